The SMILES string of the molecule is O=C(NCCC1CCCNC1)Nc1cccc(F)c1. The van der Waals surface area contributed by atoms with Gasteiger partial charge < -0.3 is 16.0 Å². The van der Waals surface area contributed by atoms with Gasteiger partial charge in [0.25, 0.3) is 0 Å². The second-order valence-electron chi connectivity index (χ2n) is 4.89. The second kappa shape index (κ2) is 7.09. The van der Waals surface area contributed by atoms with Gasteiger partial charge in [0.2, 0.25) is 0 Å². The van der Waals surface area contributed by atoms with Crippen LogP contribution in [0.4, 0.5) is 14.9 Å². The fourth-order valence-electron chi connectivity index (χ4n) is 2.30. The van der Waals surface area contributed by atoms with Gasteiger partial charge in [-0.25, -0.2) is 9.18 Å². The molecule has 5 heteroatoms. The topological polar surface area (TPSA) is 53.2 Å². The monoisotopic (exact) mass is 265 g/mol. The van der Waals surface area contributed by atoms with Crippen molar-refractivity contribution < 1.29 is 9.18 Å². The van der Waals surface area contributed by atoms with Crippen molar-refractivity contribution in [3.8, 4) is 0 Å². The van der Waals surface area contributed by atoms with Gasteiger partial charge in [-0.05, 0) is 56.5 Å². The van der Waals surface area contributed by atoms with Gasteiger partial charge >= 0.3 is 6.03 Å². The number of rotatable bonds is 4. The fourth-order valence-corrected chi connectivity index (χ4v) is 2.30. The molecule has 1 heterocycles. The average molecular weight is 265 g/mol. The second-order valence-corrected chi connectivity index (χ2v) is 4.89. The smallest absolute Gasteiger partial charge is 0.319 e. The molecule has 1 aliphatic heterocycles. The number of hydrogen-bond donors (Lipinski definition) is 3. The zero-order chi connectivity index (χ0) is 13.5. The van der Waals surface area contributed by atoms with Gasteiger partial charge in [0, 0.05) is 12.2 Å². The average Bonchev–Trinajstić information content (AvgIpc) is 2.40. The maximum atomic E-state index is 12.9. The Balaban J connectivity index is 1.67. The molecule has 1 fully saturated rings. The van der Waals surface area contributed by atoms with Crippen LogP contribution in [0, 0.1) is 11.7 Å². The number of benzene rings is 1. The molecule has 2 amide bonds. The van der Waals surface area contributed by atoms with Crippen molar-refractivity contribution in [2.45, 2.75) is 19.3 Å². The molecule has 0 aromatic heterocycles. The third-order valence-corrected chi connectivity index (χ3v) is 3.32. The zero-order valence-electron chi connectivity index (χ0n) is 10.9. The molecule has 19 heavy (non-hydrogen) atoms. The van der Waals surface area contributed by atoms with Crippen LogP contribution in [0.5, 0.6) is 0 Å². The molecule has 2 rings (SSSR count). The van der Waals surface area contributed by atoms with Crippen LogP contribution < -0.4 is 16.0 Å². The standard InChI is InChI=1S/C14H20FN3O/c15-12-4-1-5-13(9-12)18-14(19)17-8-6-11-3-2-7-16-10-11/h1,4-5,9,11,16H,2-3,6-8,10H2,(H2,17,18,19). The van der Waals surface area contributed by atoms with Gasteiger partial charge in [0.1, 0.15) is 5.82 Å². The van der Waals surface area contributed by atoms with E-state index in [1.165, 1.54) is 25.0 Å². The van der Waals surface area contributed by atoms with E-state index >= 15 is 0 Å². The fraction of sp³-hybridized carbons (Fsp3) is 0.500. The number of urea groups is 1. The van der Waals surface area contributed by atoms with E-state index in [9.17, 15) is 9.18 Å². The van der Waals surface area contributed by atoms with E-state index in [1.54, 1.807) is 12.1 Å². The lowest BCUT2D eigenvalue weighted by atomic mass is 9.96. The summed E-state index contributed by atoms with van der Waals surface area (Å²) in [5.74, 6) is 0.286. The van der Waals surface area contributed by atoms with Crippen LogP contribution >= 0.6 is 0 Å². The van der Waals surface area contributed by atoms with Crippen molar-refractivity contribution >= 4 is 11.7 Å². The van der Waals surface area contributed by atoms with Gasteiger partial charge in [-0.3, -0.25) is 0 Å². The van der Waals surface area contributed by atoms with Gasteiger partial charge in [0.15, 0.2) is 0 Å². The van der Waals surface area contributed by atoms with E-state index in [4.69, 9.17) is 0 Å². The Kier molecular flexibility index (Phi) is 5.15. The van der Waals surface area contributed by atoms with Gasteiger partial charge in [-0.15, -0.1) is 0 Å². The van der Waals surface area contributed by atoms with Crippen LogP contribution in [0.2, 0.25) is 0 Å². The molecule has 1 aromatic carbocycles. The normalized spacial score (nSPS) is 18.9. The van der Waals surface area contributed by atoms with E-state index in [0.717, 1.165) is 19.5 Å². The molecule has 0 spiro atoms. The maximum Gasteiger partial charge on any atom is 0.319 e. The van der Waals surface area contributed by atoms with Crippen molar-refractivity contribution in [3.63, 3.8) is 0 Å². The summed E-state index contributed by atoms with van der Waals surface area (Å²) in [6.07, 6.45) is 3.41. The van der Waals surface area contributed by atoms with Crippen molar-refractivity contribution in [1.82, 2.24) is 10.6 Å². The molecule has 0 saturated carbocycles. The summed E-state index contributed by atoms with van der Waals surface area (Å²) in [6.45, 7) is 2.78. The van der Waals surface area contributed by atoms with Crippen molar-refractivity contribution in [2.24, 2.45) is 5.92 Å². The first-order chi connectivity index (χ1) is 9.24. The third-order valence-electron chi connectivity index (χ3n) is 3.32. The van der Waals surface area contributed by atoms with Crippen LogP contribution in [0.25, 0.3) is 0 Å². The summed E-state index contributed by atoms with van der Waals surface area (Å²) in [4.78, 5) is 11.6. The molecule has 1 aromatic rings. The highest BCUT2D eigenvalue weighted by Gasteiger charge is 2.12. The Hall–Kier alpha value is -1.62. The number of carbonyl (C=O) groups excluding carboxylic acids is 1. The highest BCUT2D eigenvalue weighted by molar-refractivity contribution is 5.89. The van der Waals surface area contributed by atoms with E-state index in [2.05, 4.69) is 16.0 Å². The molecule has 0 bridgehead atoms. The van der Waals surface area contributed by atoms with Crippen molar-refractivity contribution in [3.05, 3.63) is 30.1 Å². The molecule has 1 aliphatic rings. The molecular formula is C14H20FN3O. The van der Waals surface area contributed by atoms with E-state index in [0.29, 0.717) is 18.2 Å². The Morgan fingerprint density at radius 2 is 2.37 bits per heavy atom. The van der Waals surface area contributed by atoms with Gasteiger partial charge in [-0.2, -0.15) is 0 Å². The Bertz CT molecular complexity index is 419. The van der Waals surface area contributed by atoms with Gasteiger partial charge in [-0.1, -0.05) is 6.07 Å². The number of amides is 2. The quantitative estimate of drug-likeness (QED) is 0.782. The zero-order valence-corrected chi connectivity index (χ0v) is 10.9. The number of carbonyl (C=O) groups is 1. The molecule has 0 aliphatic carbocycles. The summed E-state index contributed by atoms with van der Waals surface area (Å²) in [7, 11) is 0. The predicted molar refractivity (Wildman–Crippen MR) is 73.6 cm³/mol. The Morgan fingerprint density at radius 3 is 3.11 bits per heavy atom. The Morgan fingerprint density at radius 1 is 1.47 bits per heavy atom. The minimum Gasteiger partial charge on any atom is -0.338 e. The number of piperidine rings is 1. The molecule has 1 unspecified atom stereocenters. The largest absolute Gasteiger partial charge is 0.338 e. The minimum absolute atomic E-state index is 0.283. The number of nitrogens with one attached hydrogen (secondary N) is 3. The van der Waals surface area contributed by atoms with Gasteiger partial charge in [0.05, 0.1) is 0 Å². The highest BCUT2D eigenvalue weighted by Crippen LogP contribution is 2.13. The molecule has 104 valence electrons. The third kappa shape index (κ3) is 4.87. The molecular weight excluding hydrogens is 245 g/mol. The highest BCUT2D eigenvalue weighted by atomic mass is 19.1. The maximum absolute atomic E-state index is 12.9. The molecule has 3 N–H and O–H groups in total. The van der Waals surface area contributed by atoms with Crippen LogP contribution in [0.3, 0.4) is 0 Å². The van der Waals surface area contributed by atoms with Crippen LogP contribution in [0.15, 0.2) is 24.3 Å². The van der Waals surface area contributed by atoms with E-state index < -0.39 is 0 Å². The number of anilines is 1. The Labute approximate surface area is 112 Å². The first kappa shape index (κ1) is 13.8. The summed E-state index contributed by atoms with van der Waals surface area (Å²) >= 11 is 0. The summed E-state index contributed by atoms with van der Waals surface area (Å²) in [6, 6.07) is 5.59. The van der Waals surface area contributed by atoms with E-state index in [1.807, 2.05) is 0 Å². The molecule has 4 nitrogen and oxygen atoms in total. The summed E-state index contributed by atoms with van der Waals surface area (Å²) in [5, 5.41) is 8.76. The predicted octanol–water partition coefficient (Wildman–Crippen LogP) is 2.34. The lowest BCUT2D eigenvalue weighted by Crippen LogP contribution is -2.34. The van der Waals surface area contributed by atoms with Crippen molar-refractivity contribution in [2.75, 3.05) is 25.0 Å². The lowest BCUT2D eigenvalue weighted by molar-refractivity contribution is 0.250. The van der Waals surface area contributed by atoms with Crippen LogP contribution in [-0.4, -0.2) is 25.7 Å². The first-order valence-corrected chi connectivity index (χ1v) is 6.75. The summed E-state index contributed by atoms with van der Waals surface area (Å²) < 4.78 is 12.9. The summed E-state index contributed by atoms with van der Waals surface area (Å²) in [5.41, 5.74) is 0.469. The lowest BCUT2D eigenvalue weighted by Gasteiger charge is -2.22. The molecule has 0 radical (unpaired) electrons. The van der Waals surface area contributed by atoms with Crippen LogP contribution in [0.1, 0.15) is 19.3 Å². The number of hydrogen-bond acceptors (Lipinski definition) is 2. The molecule has 1 saturated heterocycles. The molecule has 1 atom stereocenters. The minimum atomic E-state index is -0.355. The van der Waals surface area contributed by atoms with Crippen LogP contribution in [-0.2, 0) is 0 Å². The first-order valence-electron chi connectivity index (χ1n) is 6.75. The number of halogens is 1. The van der Waals surface area contributed by atoms with Crippen molar-refractivity contribution in [1.29, 1.82) is 0 Å². The van der Waals surface area contributed by atoms with E-state index in [-0.39, 0.29) is 11.8 Å².